The highest BCUT2D eigenvalue weighted by Crippen LogP contribution is 2.27. The first-order valence-electron chi connectivity index (χ1n) is 4.49. The molecule has 14 heavy (non-hydrogen) atoms. The van der Waals surface area contributed by atoms with E-state index in [1.165, 1.54) is 5.56 Å². The first-order valence-corrected chi connectivity index (χ1v) is 6.31. The smallest absolute Gasteiger partial charge is 0.0973 e. The molecule has 2 rings (SSSR count). The Labute approximate surface area is 91.4 Å². The van der Waals surface area contributed by atoms with Gasteiger partial charge >= 0.3 is 0 Å². The van der Waals surface area contributed by atoms with Gasteiger partial charge in [-0.3, -0.25) is 0 Å². The Balaban J connectivity index is 2.26. The van der Waals surface area contributed by atoms with Gasteiger partial charge in [-0.15, -0.1) is 11.3 Å². The lowest BCUT2D eigenvalue weighted by molar-refractivity contribution is 0.767. The summed E-state index contributed by atoms with van der Waals surface area (Å²) in [7, 11) is 0. The Morgan fingerprint density at radius 2 is 2.36 bits per heavy atom. The standard InChI is InChI=1S/C10H12N2S2/c1-7(4-11)10-12-9(6-14-10)8-2-3-13-5-8/h2-3,5-7H,4,11H2,1H3. The summed E-state index contributed by atoms with van der Waals surface area (Å²) in [4.78, 5) is 4.57. The van der Waals surface area contributed by atoms with E-state index in [1.807, 2.05) is 0 Å². The highest BCUT2D eigenvalue weighted by Gasteiger charge is 2.09. The van der Waals surface area contributed by atoms with Crippen molar-refractivity contribution in [1.82, 2.24) is 4.98 Å². The molecule has 0 aliphatic rings. The van der Waals surface area contributed by atoms with E-state index in [4.69, 9.17) is 5.73 Å². The number of nitrogens with zero attached hydrogens (tertiary/aromatic N) is 1. The molecule has 2 aromatic rings. The van der Waals surface area contributed by atoms with Crippen LogP contribution in [0.2, 0.25) is 0 Å². The van der Waals surface area contributed by atoms with Crippen molar-refractivity contribution < 1.29 is 0 Å². The zero-order valence-corrected chi connectivity index (χ0v) is 9.57. The minimum absolute atomic E-state index is 0.368. The number of nitrogens with two attached hydrogens (primary N) is 1. The maximum absolute atomic E-state index is 5.60. The number of aromatic nitrogens is 1. The fraction of sp³-hybridized carbons (Fsp3) is 0.300. The summed E-state index contributed by atoms with van der Waals surface area (Å²) in [5.41, 5.74) is 7.89. The third-order valence-electron chi connectivity index (χ3n) is 2.11. The maximum Gasteiger partial charge on any atom is 0.0973 e. The van der Waals surface area contributed by atoms with Crippen LogP contribution in [0.3, 0.4) is 0 Å². The van der Waals surface area contributed by atoms with Gasteiger partial charge in [0.1, 0.15) is 0 Å². The number of thiophene rings is 1. The van der Waals surface area contributed by atoms with Crippen molar-refractivity contribution in [3.8, 4) is 11.3 Å². The molecule has 0 bridgehead atoms. The Morgan fingerprint density at radius 1 is 1.50 bits per heavy atom. The van der Waals surface area contributed by atoms with Crippen LogP contribution in [0.5, 0.6) is 0 Å². The summed E-state index contributed by atoms with van der Waals surface area (Å²) in [6, 6.07) is 2.09. The normalized spacial score (nSPS) is 13.0. The summed E-state index contributed by atoms with van der Waals surface area (Å²) < 4.78 is 0. The molecular formula is C10H12N2S2. The van der Waals surface area contributed by atoms with Gasteiger partial charge in [0.05, 0.1) is 10.7 Å². The molecule has 2 heterocycles. The Morgan fingerprint density at radius 3 is 3.00 bits per heavy atom. The quantitative estimate of drug-likeness (QED) is 0.870. The summed E-state index contributed by atoms with van der Waals surface area (Å²) in [6.45, 7) is 2.77. The van der Waals surface area contributed by atoms with Gasteiger partial charge in [0.2, 0.25) is 0 Å². The van der Waals surface area contributed by atoms with Crippen molar-refractivity contribution in [3.63, 3.8) is 0 Å². The van der Waals surface area contributed by atoms with Gasteiger partial charge in [0.15, 0.2) is 0 Å². The predicted octanol–water partition coefficient (Wildman–Crippen LogP) is 2.93. The third-order valence-corrected chi connectivity index (χ3v) is 3.87. The van der Waals surface area contributed by atoms with E-state index in [-0.39, 0.29) is 0 Å². The van der Waals surface area contributed by atoms with Crippen LogP contribution >= 0.6 is 22.7 Å². The summed E-state index contributed by atoms with van der Waals surface area (Å²) in [5.74, 6) is 0.368. The van der Waals surface area contributed by atoms with Crippen LogP contribution in [0.15, 0.2) is 22.2 Å². The van der Waals surface area contributed by atoms with Crippen LogP contribution in [-0.4, -0.2) is 11.5 Å². The minimum atomic E-state index is 0.368. The van der Waals surface area contributed by atoms with E-state index in [2.05, 4.69) is 34.1 Å². The minimum Gasteiger partial charge on any atom is -0.330 e. The highest BCUT2D eigenvalue weighted by molar-refractivity contribution is 7.10. The molecule has 1 unspecified atom stereocenters. The molecule has 2 N–H and O–H groups in total. The third kappa shape index (κ3) is 1.87. The highest BCUT2D eigenvalue weighted by atomic mass is 32.1. The van der Waals surface area contributed by atoms with Crippen molar-refractivity contribution in [2.24, 2.45) is 5.73 Å². The summed E-state index contributed by atoms with van der Waals surface area (Å²) in [5, 5.41) is 7.42. The average Bonchev–Trinajstić information content (AvgIpc) is 2.86. The molecule has 4 heteroatoms. The molecule has 0 saturated carbocycles. The van der Waals surface area contributed by atoms with Gasteiger partial charge in [0.25, 0.3) is 0 Å². The van der Waals surface area contributed by atoms with Crippen LogP contribution in [0.25, 0.3) is 11.3 Å². The van der Waals surface area contributed by atoms with Gasteiger partial charge < -0.3 is 5.73 Å². The molecule has 0 radical (unpaired) electrons. The Bertz CT molecular complexity index is 392. The van der Waals surface area contributed by atoms with E-state index in [9.17, 15) is 0 Å². The van der Waals surface area contributed by atoms with Crippen LogP contribution in [0.1, 0.15) is 17.8 Å². The van der Waals surface area contributed by atoms with E-state index in [1.54, 1.807) is 22.7 Å². The first-order chi connectivity index (χ1) is 6.81. The van der Waals surface area contributed by atoms with Crippen molar-refractivity contribution in [2.75, 3.05) is 6.54 Å². The van der Waals surface area contributed by atoms with Crippen molar-refractivity contribution in [3.05, 3.63) is 27.2 Å². The molecule has 74 valence electrons. The van der Waals surface area contributed by atoms with Gasteiger partial charge in [-0.05, 0) is 11.4 Å². The summed E-state index contributed by atoms with van der Waals surface area (Å²) in [6.07, 6.45) is 0. The molecule has 2 aromatic heterocycles. The van der Waals surface area contributed by atoms with Crippen molar-refractivity contribution in [2.45, 2.75) is 12.8 Å². The monoisotopic (exact) mass is 224 g/mol. The number of rotatable bonds is 3. The van der Waals surface area contributed by atoms with Crippen LogP contribution < -0.4 is 5.73 Å². The molecule has 0 aliphatic carbocycles. The van der Waals surface area contributed by atoms with Crippen molar-refractivity contribution in [1.29, 1.82) is 0 Å². The topological polar surface area (TPSA) is 38.9 Å². The molecule has 0 saturated heterocycles. The second-order valence-electron chi connectivity index (χ2n) is 3.22. The molecule has 0 amide bonds. The molecule has 0 fully saturated rings. The second-order valence-corrected chi connectivity index (χ2v) is 4.89. The lowest BCUT2D eigenvalue weighted by Gasteiger charge is -2.01. The number of thiazole rings is 1. The summed E-state index contributed by atoms with van der Waals surface area (Å²) >= 11 is 3.39. The molecule has 1 atom stereocenters. The SMILES string of the molecule is CC(CN)c1nc(-c2ccsc2)cs1. The van der Waals surface area contributed by atoms with Crippen molar-refractivity contribution >= 4 is 22.7 Å². The van der Waals surface area contributed by atoms with Gasteiger partial charge in [-0.25, -0.2) is 4.98 Å². The molecule has 0 aliphatic heterocycles. The second kappa shape index (κ2) is 4.21. The molecular weight excluding hydrogens is 212 g/mol. The van der Waals surface area contributed by atoms with Crippen LogP contribution in [0.4, 0.5) is 0 Å². The van der Waals surface area contributed by atoms with Gasteiger partial charge in [-0.1, -0.05) is 6.92 Å². The van der Waals surface area contributed by atoms with E-state index >= 15 is 0 Å². The number of hydrogen-bond donors (Lipinski definition) is 1. The van der Waals surface area contributed by atoms with E-state index < -0.39 is 0 Å². The van der Waals surface area contributed by atoms with Gasteiger partial charge in [0, 0.05) is 28.8 Å². The fourth-order valence-electron chi connectivity index (χ4n) is 1.16. The van der Waals surface area contributed by atoms with E-state index in [0.29, 0.717) is 12.5 Å². The molecule has 0 spiro atoms. The van der Waals surface area contributed by atoms with Crippen LogP contribution in [0, 0.1) is 0 Å². The van der Waals surface area contributed by atoms with Crippen LogP contribution in [-0.2, 0) is 0 Å². The Hall–Kier alpha value is -0.710. The Kier molecular flexibility index (Phi) is 2.96. The fourth-order valence-corrected chi connectivity index (χ4v) is 2.71. The predicted molar refractivity (Wildman–Crippen MR) is 62.9 cm³/mol. The lowest BCUT2D eigenvalue weighted by atomic mass is 10.2. The van der Waals surface area contributed by atoms with E-state index in [0.717, 1.165) is 10.7 Å². The lowest BCUT2D eigenvalue weighted by Crippen LogP contribution is -2.08. The van der Waals surface area contributed by atoms with Gasteiger partial charge in [-0.2, -0.15) is 11.3 Å². The maximum atomic E-state index is 5.60. The molecule has 2 nitrogen and oxygen atoms in total. The zero-order valence-electron chi connectivity index (χ0n) is 7.93. The first kappa shape index (κ1) is 9.83. The largest absolute Gasteiger partial charge is 0.330 e. The average molecular weight is 224 g/mol. The number of hydrogen-bond acceptors (Lipinski definition) is 4. The zero-order chi connectivity index (χ0) is 9.97. The molecule has 0 aromatic carbocycles.